The summed E-state index contributed by atoms with van der Waals surface area (Å²) in [7, 11) is 0. The fourth-order valence-electron chi connectivity index (χ4n) is 4.44. The minimum Gasteiger partial charge on any atom is -0.375 e. The van der Waals surface area contributed by atoms with Crippen LogP contribution in [-0.4, -0.2) is 52.5 Å². The number of thioether (sulfide) groups is 1. The standard InChI is InChI=1S/C22H31N3O2S/c1-16(2)13-24-11-12-27-18(14-24)15-28-22-23-20-10-6-5-9-19(20)21(26)25(22)17-7-3-4-8-17/h5-6,9-10,16-18H,3-4,7-8,11-15H2,1-2H3/t18-/m0/s1. The highest BCUT2D eigenvalue weighted by molar-refractivity contribution is 7.99. The lowest BCUT2D eigenvalue weighted by Crippen LogP contribution is -2.45. The van der Waals surface area contributed by atoms with Crippen LogP contribution < -0.4 is 5.56 Å². The Bertz CT molecular complexity index is 860. The molecule has 2 fully saturated rings. The van der Waals surface area contributed by atoms with Crippen molar-refractivity contribution < 1.29 is 4.74 Å². The smallest absolute Gasteiger partial charge is 0.262 e. The molecule has 6 heteroatoms. The largest absolute Gasteiger partial charge is 0.375 e. The van der Waals surface area contributed by atoms with Gasteiger partial charge in [-0.3, -0.25) is 14.3 Å². The maximum Gasteiger partial charge on any atom is 0.262 e. The van der Waals surface area contributed by atoms with Gasteiger partial charge in [0, 0.05) is 31.4 Å². The lowest BCUT2D eigenvalue weighted by atomic mass is 10.2. The second kappa shape index (κ2) is 8.97. The molecule has 152 valence electrons. The molecule has 1 saturated carbocycles. The second-order valence-electron chi connectivity index (χ2n) is 8.48. The van der Waals surface area contributed by atoms with Crippen LogP contribution in [0.25, 0.3) is 10.9 Å². The average Bonchev–Trinajstić information content (AvgIpc) is 3.20. The first kappa shape index (κ1) is 19.9. The van der Waals surface area contributed by atoms with E-state index in [9.17, 15) is 4.79 Å². The summed E-state index contributed by atoms with van der Waals surface area (Å²) in [5.41, 5.74) is 0.918. The molecule has 28 heavy (non-hydrogen) atoms. The number of nitrogens with zero attached hydrogens (tertiary/aromatic N) is 3. The fourth-order valence-corrected chi connectivity index (χ4v) is 5.51. The molecule has 5 nitrogen and oxygen atoms in total. The van der Waals surface area contributed by atoms with Gasteiger partial charge < -0.3 is 4.74 Å². The van der Waals surface area contributed by atoms with Crippen LogP contribution in [0.3, 0.4) is 0 Å². The molecule has 1 aliphatic heterocycles. The van der Waals surface area contributed by atoms with Crippen LogP contribution in [0.2, 0.25) is 0 Å². The normalized spacial score (nSPS) is 21.8. The van der Waals surface area contributed by atoms with Gasteiger partial charge in [0.05, 0.1) is 23.6 Å². The van der Waals surface area contributed by atoms with Gasteiger partial charge in [0.1, 0.15) is 0 Å². The zero-order valence-corrected chi connectivity index (χ0v) is 17.8. The molecule has 2 aromatic rings. The molecule has 0 N–H and O–H groups in total. The van der Waals surface area contributed by atoms with E-state index in [2.05, 4.69) is 18.7 Å². The Kier molecular flexibility index (Phi) is 6.38. The summed E-state index contributed by atoms with van der Waals surface area (Å²) >= 11 is 1.69. The molecule has 0 spiro atoms. The highest BCUT2D eigenvalue weighted by Crippen LogP contribution is 2.32. The molecular weight excluding hydrogens is 370 g/mol. The molecule has 0 amide bonds. The Balaban J connectivity index is 1.55. The molecule has 2 aliphatic rings. The van der Waals surface area contributed by atoms with Crippen LogP contribution in [-0.2, 0) is 4.74 Å². The third kappa shape index (κ3) is 4.44. The quantitative estimate of drug-likeness (QED) is 0.542. The SMILES string of the molecule is CC(C)CN1CCO[C@H](CSc2nc3ccccc3c(=O)n2C2CCCC2)C1. The lowest BCUT2D eigenvalue weighted by Gasteiger charge is -2.33. The maximum absolute atomic E-state index is 13.2. The topological polar surface area (TPSA) is 47.4 Å². The van der Waals surface area contributed by atoms with E-state index in [1.54, 1.807) is 11.8 Å². The molecule has 1 aromatic carbocycles. The molecule has 4 rings (SSSR count). The summed E-state index contributed by atoms with van der Waals surface area (Å²) in [5.74, 6) is 1.51. The zero-order chi connectivity index (χ0) is 19.5. The summed E-state index contributed by atoms with van der Waals surface area (Å²) in [6.45, 7) is 8.41. The Morgan fingerprint density at radius 1 is 1.25 bits per heavy atom. The van der Waals surface area contributed by atoms with Gasteiger partial charge >= 0.3 is 0 Å². The number of para-hydroxylation sites is 1. The lowest BCUT2D eigenvalue weighted by molar-refractivity contribution is -0.0191. The zero-order valence-electron chi connectivity index (χ0n) is 17.0. The van der Waals surface area contributed by atoms with Gasteiger partial charge in [0.15, 0.2) is 5.16 Å². The Morgan fingerprint density at radius 2 is 2.04 bits per heavy atom. The van der Waals surface area contributed by atoms with Crippen molar-refractivity contribution in [2.24, 2.45) is 5.92 Å². The molecule has 1 aliphatic carbocycles. The van der Waals surface area contributed by atoms with Crippen LogP contribution in [0, 0.1) is 5.92 Å². The molecule has 1 aromatic heterocycles. The van der Waals surface area contributed by atoms with Crippen molar-refractivity contribution in [1.82, 2.24) is 14.5 Å². The molecule has 0 unspecified atom stereocenters. The third-order valence-corrected chi connectivity index (χ3v) is 6.79. The highest BCUT2D eigenvalue weighted by atomic mass is 32.2. The van der Waals surface area contributed by atoms with Crippen LogP contribution >= 0.6 is 11.8 Å². The van der Waals surface area contributed by atoms with Crippen LogP contribution in [0.5, 0.6) is 0 Å². The summed E-state index contributed by atoms with van der Waals surface area (Å²) in [6.07, 6.45) is 4.75. The molecule has 1 atom stereocenters. The number of rotatable bonds is 6. The van der Waals surface area contributed by atoms with Crippen molar-refractivity contribution in [2.75, 3.05) is 32.0 Å². The summed E-state index contributed by atoms with van der Waals surface area (Å²) < 4.78 is 8.00. The van der Waals surface area contributed by atoms with Crippen molar-refractivity contribution in [3.05, 3.63) is 34.6 Å². The van der Waals surface area contributed by atoms with Crippen molar-refractivity contribution in [3.63, 3.8) is 0 Å². The van der Waals surface area contributed by atoms with Gasteiger partial charge in [-0.25, -0.2) is 4.98 Å². The van der Waals surface area contributed by atoms with E-state index in [4.69, 9.17) is 9.72 Å². The average molecular weight is 402 g/mol. The van der Waals surface area contributed by atoms with E-state index in [1.165, 1.54) is 12.8 Å². The van der Waals surface area contributed by atoms with E-state index in [0.717, 1.165) is 60.9 Å². The summed E-state index contributed by atoms with van der Waals surface area (Å²) in [5, 5.41) is 1.59. The third-order valence-electron chi connectivity index (χ3n) is 5.71. The van der Waals surface area contributed by atoms with Crippen LogP contribution in [0.4, 0.5) is 0 Å². The first-order chi connectivity index (χ1) is 13.6. The Labute approximate surface area is 171 Å². The molecule has 2 heterocycles. The van der Waals surface area contributed by atoms with E-state index in [0.29, 0.717) is 5.92 Å². The van der Waals surface area contributed by atoms with Crippen molar-refractivity contribution >= 4 is 22.7 Å². The minimum absolute atomic E-state index is 0.117. The van der Waals surface area contributed by atoms with Crippen LogP contribution in [0.15, 0.2) is 34.2 Å². The number of fused-ring (bicyclic) bond motifs is 1. The predicted octanol–water partition coefficient (Wildman–Crippen LogP) is 3.96. The van der Waals surface area contributed by atoms with E-state index >= 15 is 0 Å². The maximum atomic E-state index is 13.2. The van der Waals surface area contributed by atoms with Gasteiger partial charge in [-0.05, 0) is 30.9 Å². The van der Waals surface area contributed by atoms with Gasteiger partial charge in [-0.15, -0.1) is 0 Å². The van der Waals surface area contributed by atoms with Gasteiger partial charge in [0.2, 0.25) is 0 Å². The number of ether oxygens (including phenoxy) is 1. The number of hydrogen-bond acceptors (Lipinski definition) is 5. The molecular formula is C22H31N3O2S. The van der Waals surface area contributed by atoms with E-state index in [1.807, 2.05) is 28.8 Å². The second-order valence-corrected chi connectivity index (χ2v) is 9.47. The van der Waals surface area contributed by atoms with Gasteiger partial charge in [-0.1, -0.05) is 50.6 Å². The summed E-state index contributed by atoms with van der Waals surface area (Å²) in [4.78, 5) is 20.6. The van der Waals surface area contributed by atoms with Crippen molar-refractivity contribution in [2.45, 2.75) is 56.8 Å². The first-order valence-electron chi connectivity index (χ1n) is 10.6. The van der Waals surface area contributed by atoms with Crippen molar-refractivity contribution in [1.29, 1.82) is 0 Å². The van der Waals surface area contributed by atoms with Crippen LogP contribution in [0.1, 0.15) is 45.6 Å². The minimum atomic E-state index is 0.117. The molecule has 1 saturated heterocycles. The predicted molar refractivity (Wildman–Crippen MR) is 115 cm³/mol. The van der Waals surface area contributed by atoms with Gasteiger partial charge in [-0.2, -0.15) is 0 Å². The van der Waals surface area contributed by atoms with Gasteiger partial charge in [0.25, 0.3) is 5.56 Å². The van der Waals surface area contributed by atoms with E-state index in [-0.39, 0.29) is 17.7 Å². The molecule has 0 radical (unpaired) electrons. The highest BCUT2D eigenvalue weighted by Gasteiger charge is 2.25. The first-order valence-corrected chi connectivity index (χ1v) is 11.6. The number of aromatic nitrogens is 2. The number of benzene rings is 1. The summed E-state index contributed by atoms with van der Waals surface area (Å²) in [6, 6.07) is 8.02. The van der Waals surface area contributed by atoms with Crippen molar-refractivity contribution in [3.8, 4) is 0 Å². The monoisotopic (exact) mass is 401 g/mol. The Morgan fingerprint density at radius 3 is 2.82 bits per heavy atom. The number of morpholine rings is 1. The molecule has 0 bridgehead atoms. The fraction of sp³-hybridized carbons (Fsp3) is 0.636. The Hall–Kier alpha value is -1.37. The number of hydrogen-bond donors (Lipinski definition) is 0. The van der Waals surface area contributed by atoms with E-state index < -0.39 is 0 Å².